The van der Waals surface area contributed by atoms with Crippen LogP contribution < -0.4 is 4.74 Å². The first-order valence-corrected chi connectivity index (χ1v) is 8.80. The molecule has 0 atom stereocenters. The molecule has 0 aliphatic heterocycles. The van der Waals surface area contributed by atoms with E-state index in [0.29, 0.717) is 28.6 Å². The van der Waals surface area contributed by atoms with Gasteiger partial charge in [0.25, 0.3) is 5.89 Å². The van der Waals surface area contributed by atoms with Crippen LogP contribution in [0, 0.1) is 5.82 Å². The molecule has 0 aliphatic rings. The fourth-order valence-corrected chi connectivity index (χ4v) is 3.07. The highest BCUT2D eigenvalue weighted by atomic mass is 19.1. The first-order valence-electron chi connectivity index (χ1n) is 8.80. The van der Waals surface area contributed by atoms with E-state index in [0.717, 1.165) is 11.3 Å². The summed E-state index contributed by atoms with van der Waals surface area (Å²) in [4.78, 5) is 8.96. The number of aromatic nitrogens is 5. The van der Waals surface area contributed by atoms with E-state index in [1.165, 1.54) is 12.1 Å². The van der Waals surface area contributed by atoms with Crippen LogP contribution in [0.3, 0.4) is 0 Å². The Morgan fingerprint density at radius 2 is 1.66 bits per heavy atom. The van der Waals surface area contributed by atoms with Crippen LogP contribution in [0.15, 0.2) is 71.4 Å². The summed E-state index contributed by atoms with van der Waals surface area (Å²) in [5.74, 6) is 1.50. The molecule has 0 saturated carbocycles. The van der Waals surface area contributed by atoms with E-state index in [4.69, 9.17) is 9.15 Å². The molecule has 2 aromatic carbocycles. The maximum Gasteiger partial charge on any atom is 0.267 e. The highest BCUT2D eigenvalue weighted by Gasteiger charge is 2.22. The van der Waals surface area contributed by atoms with E-state index < -0.39 is 0 Å². The Morgan fingerprint density at radius 1 is 0.931 bits per heavy atom. The highest BCUT2D eigenvalue weighted by Crippen LogP contribution is 2.33. The fourth-order valence-electron chi connectivity index (χ4n) is 3.07. The molecule has 0 aliphatic carbocycles. The highest BCUT2D eigenvalue weighted by molar-refractivity contribution is 5.78. The molecule has 142 valence electrons. The van der Waals surface area contributed by atoms with Crippen LogP contribution >= 0.6 is 0 Å². The lowest BCUT2D eigenvalue weighted by atomic mass is 10.1. The van der Waals surface area contributed by atoms with Crippen LogP contribution in [0.25, 0.3) is 40.1 Å². The summed E-state index contributed by atoms with van der Waals surface area (Å²) in [6.07, 6.45) is 3.50. The van der Waals surface area contributed by atoms with E-state index in [-0.39, 0.29) is 11.7 Å². The zero-order chi connectivity index (χ0) is 19.8. The molecule has 0 spiro atoms. The molecule has 0 unspecified atom stereocenters. The number of fused-ring (bicyclic) bond motifs is 1. The predicted octanol–water partition coefficient (Wildman–Crippen LogP) is 4.26. The summed E-state index contributed by atoms with van der Waals surface area (Å²) in [5, 5.41) is 8.32. The number of hydrogen-bond acceptors (Lipinski definition) is 6. The zero-order valence-electron chi connectivity index (χ0n) is 15.3. The van der Waals surface area contributed by atoms with E-state index in [9.17, 15) is 4.39 Å². The van der Waals surface area contributed by atoms with Crippen LogP contribution in [-0.4, -0.2) is 31.7 Å². The molecule has 7 nitrogen and oxygen atoms in total. The quantitative estimate of drug-likeness (QED) is 0.458. The first kappa shape index (κ1) is 17.1. The number of halogens is 1. The van der Waals surface area contributed by atoms with E-state index in [1.807, 2.05) is 30.5 Å². The van der Waals surface area contributed by atoms with Crippen molar-refractivity contribution >= 4 is 5.78 Å². The Labute approximate surface area is 164 Å². The van der Waals surface area contributed by atoms with E-state index >= 15 is 0 Å². The smallest absolute Gasteiger partial charge is 0.267 e. The van der Waals surface area contributed by atoms with Gasteiger partial charge in [-0.2, -0.15) is 0 Å². The molecule has 0 amide bonds. The van der Waals surface area contributed by atoms with Crippen LogP contribution in [-0.2, 0) is 0 Å². The lowest BCUT2D eigenvalue weighted by Gasteiger charge is -2.03. The lowest BCUT2D eigenvalue weighted by molar-refractivity contribution is 0.415. The Morgan fingerprint density at radius 3 is 2.41 bits per heavy atom. The van der Waals surface area contributed by atoms with Crippen molar-refractivity contribution in [3.63, 3.8) is 0 Å². The summed E-state index contributed by atoms with van der Waals surface area (Å²) in [6.45, 7) is 0. The normalized spacial score (nSPS) is 11.1. The molecule has 8 heteroatoms. The van der Waals surface area contributed by atoms with Crippen molar-refractivity contribution in [2.45, 2.75) is 0 Å². The van der Waals surface area contributed by atoms with E-state index in [2.05, 4.69) is 20.2 Å². The fraction of sp³-hybridized carbons (Fsp3) is 0.0476. The summed E-state index contributed by atoms with van der Waals surface area (Å²) in [7, 11) is 1.62. The maximum absolute atomic E-state index is 13.2. The number of rotatable bonds is 4. The molecule has 29 heavy (non-hydrogen) atoms. The molecule has 3 heterocycles. The van der Waals surface area contributed by atoms with Gasteiger partial charge in [0.15, 0.2) is 0 Å². The average Bonchev–Trinajstić information content (AvgIpc) is 3.39. The maximum atomic E-state index is 13.2. The second-order valence-corrected chi connectivity index (χ2v) is 6.25. The summed E-state index contributed by atoms with van der Waals surface area (Å²) < 4.78 is 26.1. The largest absolute Gasteiger partial charge is 0.497 e. The molecule has 3 aromatic heterocycles. The second kappa shape index (κ2) is 6.83. The minimum absolute atomic E-state index is 0.288. The monoisotopic (exact) mass is 387 g/mol. The van der Waals surface area contributed by atoms with Gasteiger partial charge in [-0.05, 0) is 54.6 Å². The molecule has 5 aromatic rings. The first-order chi connectivity index (χ1) is 14.2. The second-order valence-electron chi connectivity index (χ2n) is 6.25. The van der Waals surface area contributed by atoms with Crippen LogP contribution in [0.2, 0.25) is 0 Å². The molecule has 0 fully saturated rings. The number of hydrogen-bond donors (Lipinski definition) is 0. The van der Waals surface area contributed by atoms with Crippen LogP contribution in [0.5, 0.6) is 5.75 Å². The van der Waals surface area contributed by atoms with Crippen molar-refractivity contribution in [1.82, 2.24) is 24.6 Å². The summed E-state index contributed by atoms with van der Waals surface area (Å²) in [5.41, 5.74) is 2.76. The predicted molar refractivity (Wildman–Crippen MR) is 104 cm³/mol. The van der Waals surface area contributed by atoms with Gasteiger partial charge in [0.2, 0.25) is 11.7 Å². The van der Waals surface area contributed by atoms with Gasteiger partial charge < -0.3 is 9.15 Å². The molecule has 0 radical (unpaired) electrons. The van der Waals surface area contributed by atoms with Crippen molar-refractivity contribution in [3.8, 4) is 40.0 Å². The van der Waals surface area contributed by atoms with Gasteiger partial charge in [-0.15, -0.1) is 10.2 Å². The van der Waals surface area contributed by atoms with Gasteiger partial charge in [0, 0.05) is 23.5 Å². The molecular weight excluding hydrogens is 373 g/mol. The van der Waals surface area contributed by atoms with Gasteiger partial charge in [-0.25, -0.2) is 14.4 Å². The lowest BCUT2D eigenvalue weighted by Crippen LogP contribution is -1.91. The van der Waals surface area contributed by atoms with Crippen molar-refractivity contribution < 1.29 is 13.5 Å². The Kier molecular flexibility index (Phi) is 4.02. The van der Waals surface area contributed by atoms with Crippen molar-refractivity contribution in [2.24, 2.45) is 0 Å². The Balaban J connectivity index is 1.67. The standard InChI is InChI=1S/C21H14FN5O2/c1-28-16-9-5-13(6-10-16)17-18(27-12-2-11-23-21(27)24-17)20-26-25-19(29-20)14-3-7-15(22)8-4-14/h2-12H,1H3. The Hall–Kier alpha value is -4.07. The number of ether oxygens (including phenoxy) is 1. The van der Waals surface area contributed by atoms with Gasteiger partial charge >= 0.3 is 0 Å². The van der Waals surface area contributed by atoms with Gasteiger partial charge in [-0.1, -0.05) is 0 Å². The van der Waals surface area contributed by atoms with Crippen molar-refractivity contribution in [1.29, 1.82) is 0 Å². The molecule has 0 bridgehead atoms. The number of imidazole rings is 1. The minimum Gasteiger partial charge on any atom is -0.497 e. The van der Waals surface area contributed by atoms with E-state index in [1.54, 1.807) is 35.9 Å². The third-order valence-corrected chi connectivity index (χ3v) is 4.49. The van der Waals surface area contributed by atoms with Crippen LogP contribution in [0.1, 0.15) is 0 Å². The number of methoxy groups -OCH3 is 1. The number of nitrogens with zero attached hydrogens (tertiary/aromatic N) is 5. The summed E-state index contributed by atoms with van der Waals surface area (Å²) in [6, 6.07) is 15.2. The molecule has 0 N–H and O–H groups in total. The van der Waals surface area contributed by atoms with Gasteiger partial charge in [0.05, 0.1) is 7.11 Å². The SMILES string of the molecule is COc1ccc(-c2nc3ncccn3c2-c2nnc(-c3ccc(F)cc3)o2)cc1. The molecule has 0 saturated heterocycles. The third kappa shape index (κ3) is 3.00. The van der Waals surface area contributed by atoms with Crippen molar-refractivity contribution in [2.75, 3.05) is 7.11 Å². The zero-order valence-corrected chi connectivity index (χ0v) is 15.3. The summed E-state index contributed by atoms with van der Waals surface area (Å²) >= 11 is 0. The van der Waals surface area contributed by atoms with Gasteiger partial charge in [-0.3, -0.25) is 4.40 Å². The Bertz CT molecular complexity index is 1290. The minimum atomic E-state index is -0.330. The topological polar surface area (TPSA) is 78.3 Å². The van der Waals surface area contributed by atoms with Gasteiger partial charge in [0.1, 0.15) is 23.0 Å². The third-order valence-electron chi connectivity index (χ3n) is 4.49. The molecule has 5 rings (SSSR count). The van der Waals surface area contributed by atoms with Crippen LogP contribution in [0.4, 0.5) is 4.39 Å². The van der Waals surface area contributed by atoms with Crippen molar-refractivity contribution in [3.05, 3.63) is 72.8 Å². The number of benzene rings is 2. The average molecular weight is 387 g/mol. The molecular formula is C21H14FN5O2.